The zero-order valence-corrected chi connectivity index (χ0v) is 10.7. The zero-order chi connectivity index (χ0) is 14.7. The van der Waals surface area contributed by atoms with Gasteiger partial charge in [0.1, 0.15) is 0 Å². The molecule has 108 valence electrons. The van der Waals surface area contributed by atoms with Crippen molar-refractivity contribution in [2.45, 2.75) is 19.3 Å². The highest BCUT2D eigenvalue weighted by Gasteiger charge is 2.28. The van der Waals surface area contributed by atoms with E-state index >= 15 is 0 Å². The highest BCUT2D eigenvalue weighted by molar-refractivity contribution is 5.79. The van der Waals surface area contributed by atoms with Crippen LogP contribution in [0.15, 0.2) is 15.7 Å². The molecule has 8 heteroatoms. The molecule has 1 aliphatic rings. The van der Waals surface area contributed by atoms with Crippen molar-refractivity contribution in [1.29, 1.82) is 0 Å². The topological polar surface area (TPSA) is 123 Å². The maximum Gasteiger partial charge on any atom is 0.325 e. The molecule has 1 fully saturated rings. The van der Waals surface area contributed by atoms with Crippen LogP contribution in [-0.2, 0) is 16.0 Å². The minimum Gasteiger partial charge on any atom is -0.481 e. The van der Waals surface area contributed by atoms with Crippen molar-refractivity contribution in [3.05, 3.63) is 32.6 Å². The van der Waals surface area contributed by atoms with Crippen molar-refractivity contribution in [2.24, 2.45) is 5.92 Å². The summed E-state index contributed by atoms with van der Waals surface area (Å²) < 4.78 is 0. The Balaban J connectivity index is 2.06. The highest BCUT2D eigenvalue weighted by Crippen LogP contribution is 2.17. The molecular formula is C12H15N3O5. The second kappa shape index (κ2) is 5.72. The molecule has 3 N–H and O–H groups in total. The lowest BCUT2D eigenvalue weighted by atomic mass is 9.98. The van der Waals surface area contributed by atoms with Gasteiger partial charge in [0.15, 0.2) is 0 Å². The minimum atomic E-state index is -0.910. The minimum absolute atomic E-state index is 0.120. The Morgan fingerprint density at radius 1 is 1.35 bits per heavy atom. The van der Waals surface area contributed by atoms with E-state index < -0.39 is 23.1 Å². The normalized spacial score (nSPS) is 18.8. The van der Waals surface area contributed by atoms with E-state index in [2.05, 4.69) is 4.98 Å². The maximum atomic E-state index is 12.1. The molecule has 0 saturated carbocycles. The monoisotopic (exact) mass is 281 g/mol. The Hall–Kier alpha value is -2.38. The number of nitrogens with one attached hydrogen (secondary N) is 2. The molecule has 0 bridgehead atoms. The van der Waals surface area contributed by atoms with Gasteiger partial charge in [0.2, 0.25) is 5.91 Å². The molecule has 0 aromatic carbocycles. The van der Waals surface area contributed by atoms with Gasteiger partial charge < -0.3 is 15.0 Å². The van der Waals surface area contributed by atoms with Crippen molar-refractivity contribution >= 4 is 11.9 Å². The molecule has 1 aromatic rings. The van der Waals surface area contributed by atoms with Crippen LogP contribution in [0.1, 0.15) is 18.5 Å². The third-order valence-corrected chi connectivity index (χ3v) is 3.28. The zero-order valence-electron chi connectivity index (χ0n) is 10.7. The van der Waals surface area contributed by atoms with Gasteiger partial charge in [-0.25, -0.2) is 4.79 Å². The summed E-state index contributed by atoms with van der Waals surface area (Å²) in [7, 11) is 0. The van der Waals surface area contributed by atoms with Gasteiger partial charge >= 0.3 is 11.7 Å². The van der Waals surface area contributed by atoms with Crippen molar-refractivity contribution in [3.8, 4) is 0 Å². The molecule has 1 aliphatic heterocycles. The number of hydrogen-bond acceptors (Lipinski definition) is 4. The predicted molar refractivity (Wildman–Crippen MR) is 68.3 cm³/mol. The van der Waals surface area contributed by atoms with Crippen molar-refractivity contribution in [3.63, 3.8) is 0 Å². The number of rotatable bonds is 3. The summed E-state index contributed by atoms with van der Waals surface area (Å²) in [6.07, 6.45) is 1.07. The molecular weight excluding hydrogens is 266 g/mol. The molecule has 0 aliphatic carbocycles. The number of hydrogen-bond donors (Lipinski definition) is 3. The van der Waals surface area contributed by atoms with Gasteiger partial charge in [0, 0.05) is 24.8 Å². The number of carboxylic acids is 1. The summed E-state index contributed by atoms with van der Waals surface area (Å²) in [5.41, 5.74) is -1.01. The molecule has 1 saturated heterocycles. The van der Waals surface area contributed by atoms with Crippen molar-refractivity contribution < 1.29 is 14.7 Å². The lowest BCUT2D eigenvalue weighted by Gasteiger charge is -2.30. The number of aliphatic carboxylic acids is 1. The lowest BCUT2D eigenvalue weighted by Crippen LogP contribution is -2.43. The summed E-state index contributed by atoms with van der Waals surface area (Å²) in [6, 6.07) is 1.15. The number of carbonyl (C=O) groups excluding carboxylic acids is 1. The smallest absolute Gasteiger partial charge is 0.325 e. The Morgan fingerprint density at radius 2 is 2.10 bits per heavy atom. The van der Waals surface area contributed by atoms with Crippen LogP contribution >= 0.6 is 0 Å². The number of aromatic amines is 2. The first-order valence-electron chi connectivity index (χ1n) is 6.29. The van der Waals surface area contributed by atoms with E-state index in [-0.39, 0.29) is 24.6 Å². The van der Waals surface area contributed by atoms with Gasteiger partial charge in [-0.2, -0.15) is 0 Å². The van der Waals surface area contributed by atoms with Gasteiger partial charge in [0.25, 0.3) is 5.56 Å². The number of amides is 1. The van der Waals surface area contributed by atoms with Gasteiger partial charge in [0.05, 0.1) is 12.3 Å². The first-order valence-corrected chi connectivity index (χ1v) is 6.29. The number of H-pyrrole nitrogens is 2. The largest absolute Gasteiger partial charge is 0.481 e. The van der Waals surface area contributed by atoms with Gasteiger partial charge in [-0.15, -0.1) is 0 Å². The average Bonchev–Trinajstić information content (AvgIpc) is 2.37. The van der Waals surface area contributed by atoms with E-state index in [1.165, 1.54) is 4.90 Å². The fourth-order valence-electron chi connectivity index (χ4n) is 2.29. The fraction of sp³-hybridized carbons (Fsp3) is 0.500. The van der Waals surface area contributed by atoms with Crippen LogP contribution in [0, 0.1) is 5.92 Å². The molecule has 1 atom stereocenters. The Kier molecular flexibility index (Phi) is 4.02. The fourth-order valence-corrected chi connectivity index (χ4v) is 2.29. The molecule has 0 unspecified atom stereocenters. The molecule has 2 rings (SSSR count). The summed E-state index contributed by atoms with van der Waals surface area (Å²) in [5.74, 6) is -1.75. The van der Waals surface area contributed by atoms with Crippen LogP contribution in [0.2, 0.25) is 0 Å². The quantitative estimate of drug-likeness (QED) is 0.651. The number of carboxylic acid groups (broad SMARTS) is 1. The van der Waals surface area contributed by atoms with Crippen LogP contribution in [0.3, 0.4) is 0 Å². The molecule has 8 nitrogen and oxygen atoms in total. The number of nitrogens with zero attached hydrogens (tertiary/aromatic N) is 1. The highest BCUT2D eigenvalue weighted by atomic mass is 16.4. The molecule has 0 radical (unpaired) electrons. The predicted octanol–water partition coefficient (Wildman–Crippen LogP) is -1.07. The van der Waals surface area contributed by atoms with Gasteiger partial charge in [-0.3, -0.25) is 19.4 Å². The summed E-state index contributed by atoms with van der Waals surface area (Å²) >= 11 is 0. The van der Waals surface area contributed by atoms with Gasteiger partial charge in [-0.1, -0.05) is 0 Å². The van der Waals surface area contributed by atoms with E-state index in [1.54, 1.807) is 0 Å². The second-order valence-electron chi connectivity index (χ2n) is 4.81. The molecule has 20 heavy (non-hydrogen) atoms. The number of carbonyl (C=O) groups is 2. The Labute approximate surface area is 113 Å². The lowest BCUT2D eigenvalue weighted by molar-refractivity contribution is -0.145. The van der Waals surface area contributed by atoms with E-state index in [0.717, 1.165) is 6.07 Å². The first kappa shape index (κ1) is 14.0. The Morgan fingerprint density at radius 3 is 2.75 bits per heavy atom. The first-order chi connectivity index (χ1) is 9.45. The molecule has 2 heterocycles. The van der Waals surface area contributed by atoms with Crippen LogP contribution in [-0.4, -0.2) is 44.9 Å². The summed E-state index contributed by atoms with van der Waals surface area (Å²) in [5, 5.41) is 8.97. The van der Waals surface area contributed by atoms with E-state index in [1.807, 2.05) is 4.98 Å². The van der Waals surface area contributed by atoms with Gasteiger partial charge in [-0.05, 0) is 12.8 Å². The van der Waals surface area contributed by atoms with Crippen molar-refractivity contribution in [1.82, 2.24) is 14.9 Å². The second-order valence-corrected chi connectivity index (χ2v) is 4.81. The number of piperidine rings is 1. The summed E-state index contributed by atoms with van der Waals surface area (Å²) in [4.78, 5) is 51.1. The van der Waals surface area contributed by atoms with E-state index in [0.29, 0.717) is 19.4 Å². The van der Waals surface area contributed by atoms with Crippen LogP contribution < -0.4 is 11.2 Å². The number of aromatic nitrogens is 2. The maximum absolute atomic E-state index is 12.1. The van der Waals surface area contributed by atoms with E-state index in [4.69, 9.17) is 5.11 Å². The van der Waals surface area contributed by atoms with Crippen LogP contribution in [0.5, 0.6) is 0 Å². The molecule has 1 amide bonds. The van der Waals surface area contributed by atoms with Crippen LogP contribution in [0.25, 0.3) is 0 Å². The Bertz CT molecular complexity index is 604. The standard InChI is InChI=1S/C12H15N3O5/c16-9-4-8(13-12(20)14-9)5-10(17)15-3-1-2-7(6-15)11(18)19/h4,7H,1-3,5-6H2,(H,18,19)(H2,13,14,16,20)/t7-/m0/s1. The van der Waals surface area contributed by atoms with E-state index in [9.17, 15) is 19.2 Å². The van der Waals surface area contributed by atoms with Crippen molar-refractivity contribution in [2.75, 3.05) is 13.1 Å². The SMILES string of the molecule is O=C(O)[C@H]1CCCN(C(=O)Cc2cc(=O)[nH]c(=O)[nH]2)C1. The number of likely N-dealkylation sites (tertiary alicyclic amines) is 1. The van der Waals surface area contributed by atoms with Crippen LogP contribution in [0.4, 0.5) is 0 Å². The third-order valence-electron chi connectivity index (χ3n) is 3.28. The average molecular weight is 281 g/mol. The molecule has 0 spiro atoms. The third kappa shape index (κ3) is 3.34. The summed E-state index contributed by atoms with van der Waals surface area (Å²) in [6.45, 7) is 0.664. The molecule has 1 aromatic heterocycles.